The Morgan fingerprint density at radius 1 is 1.30 bits per heavy atom. The molecule has 1 aromatic carbocycles. The molecule has 15 heteroatoms. The van der Waals surface area contributed by atoms with Gasteiger partial charge in [-0.3, -0.25) is 10.7 Å². The van der Waals surface area contributed by atoms with E-state index in [0.717, 1.165) is 0 Å². The Bertz CT molecular complexity index is 1020. The molecule has 0 atom stereocenters. The van der Waals surface area contributed by atoms with Crippen LogP contribution in [0.5, 0.6) is 0 Å². The monoisotopic (exact) mass is 507 g/mol. The first-order valence-electron chi connectivity index (χ1n) is 8.73. The number of aliphatic hydroxyl groups is 1. The third-order valence-corrected chi connectivity index (χ3v) is 6.86. The van der Waals surface area contributed by atoms with Gasteiger partial charge in [-0.2, -0.15) is 17.0 Å². The lowest BCUT2D eigenvalue weighted by atomic mass is 10.3. The highest BCUT2D eigenvalue weighted by Gasteiger charge is 2.35. The van der Waals surface area contributed by atoms with E-state index >= 15 is 0 Å². The molecule has 1 aromatic heterocycles. The van der Waals surface area contributed by atoms with Gasteiger partial charge in [0.05, 0.1) is 16.8 Å². The first-order chi connectivity index (χ1) is 14.4. The van der Waals surface area contributed by atoms with Crippen molar-refractivity contribution < 1.29 is 27.8 Å². The summed E-state index contributed by atoms with van der Waals surface area (Å²) in [7, 11) is -3.61. The van der Waals surface area contributed by atoms with E-state index in [1.54, 1.807) is 0 Å². The molecule has 0 bridgehead atoms. The van der Waals surface area contributed by atoms with Crippen LogP contribution < -0.4 is 10.8 Å². The van der Waals surface area contributed by atoms with Crippen molar-refractivity contribution in [3.05, 3.63) is 34.2 Å². The summed E-state index contributed by atoms with van der Waals surface area (Å²) in [4.78, 5) is 4.14. The van der Waals surface area contributed by atoms with Gasteiger partial charge in [-0.15, -0.1) is 0 Å². The summed E-state index contributed by atoms with van der Waals surface area (Å²) >= 11 is 3.05. The van der Waals surface area contributed by atoms with Crippen LogP contribution in [0.1, 0.15) is 5.69 Å². The lowest BCUT2D eigenvalue weighted by molar-refractivity contribution is 0.234. The molecule has 0 saturated carbocycles. The van der Waals surface area contributed by atoms with E-state index in [4.69, 9.17) is 5.11 Å². The lowest BCUT2D eigenvalue weighted by Gasteiger charge is -2.17. The van der Waals surface area contributed by atoms with Gasteiger partial charge < -0.3 is 10.4 Å². The molecule has 2 heterocycles. The standard InChI is InChI=1S/C15H19BrFN7O5S/c16-11-9-10(1-2-12(11)17)19-15(20-26)13-14(22-29-21-13)18-3-4-23-5-6-24(7-8-25)30(23,27)28/h1-2,9,25-26H,3-8H2,(H,18,22)(H,19,20). The average molecular weight is 508 g/mol. The van der Waals surface area contributed by atoms with E-state index < -0.39 is 16.0 Å². The van der Waals surface area contributed by atoms with Gasteiger partial charge in [0.25, 0.3) is 10.2 Å². The Morgan fingerprint density at radius 3 is 2.70 bits per heavy atom. The Morgan fingerprint density at radius 2 is 2.03 bits per heavy atom. The molecule has 0 radical (unpaired) electrons. The van der Waals surface area contributed by atoms with Crippen LogP contribution in [0.25, 0.3) is 0 Å². The zero-order valence-corrected chi connectivity index (χ0v) is 17.9. The molecule has 0 spiro atoms. The van der Waals surface area contributed by atoms with Gasteiger partial charge in [-0.25, -0.2) is 14.0 Å². The number of β-amino-alcohol motifs (C(OH)–C–C–N with tert-alkyl or cyclic N) is 1. The van der Waals surface area contributed by atoms with E-state index in [0.29, 0.717) is 18.8 Å². The van der Waals surface area contributed by atoms with Gasteiger partial charge in [0, 0.05) is 32.7 Å². The van der Waals surface area contributed by atoms with Crippen molar-refractivity contribution in [1.82, 2.24) is 24.4 Å². The Kier molecular flexibility index (Phi) is 7.32. The number of anilines is 1. The molecule has 0 amide bonds. The third-order valence-electron chi connectivity index (χ3n) is 4.22. The van der Waals surface area contributed by atoms with Gasteiger partial charge in [-0.1, -0.05) is 0 Å². The van der Waals surface area contributed by atoms with Crippen molar-refractivity contribution in [2.75, 3.05) is 44.6 Å². The molecule has 0 unspecified atom stereocenters. The van der Waals surface area contributed by atoms with Gasteiger partial charge >= 0.3 is 0 Å². The number of nitrogens with one attached hydrogen (secondary N) is 2. The Balaban J connectivity index is 1.67. The second-order valence-electron chi connectivity index (χ2n) is 6.09. The van der Waals surface area contributed by atoms with Crippen molar-refractivity contribution in [3.8, 4) is 0 Å². The molecule has 164 valence electrons. The lowest BCUT2D eigenvalue weighted by Crippen LogP contribution is -2.37. The van der Waals surface area contributed by atoms with Gasteiger partial charge in [-0.05, 0) is 44.4 Å². The number of aliphatic imine (C=N–C) groups is 1. The third kappa shape index (κ3) is 4.93. The Hall–Kier alpha value is -2.17. The first-order valence-corrected chi connectivity index (χ1v) is 10.9. The number of rotatable bonds is 8. The quantitative estimate of drug-likeness (QED) is 0.224. The van der Waals surface area contributed by atoms with Crippen molar-refractivity contribution in [2.45, 2.75) is 0 Å². The van der Waals surface area contributed by atoms with Crippen LogP contribution in [0.3, 0.4) is 0 Å². The first kappa shape index (κ1) is 22.5. The fraction of sp³-hybridized carbons (Fsp3) is 0.400. The van der Waals surface area contributed by atoms with Crippen molar-refractivity contribution in [1.29, 1.82) is 0 Å². The highest BCUT2D eigenvalue weighted by molar-refractivity contribution is 9.10. The number of benzene rings is 1. The van der Waals surface area contributed by atoms with Gasteiger partial charge in [0.15, 0.2) is 11.5 Å². The predicted octanol–water partition coefficient (Wildman–Crippen LogP) is 0.295. The minimum Gasteiger partial charge on any atom is -0.395 e. The van der Waals surface area contributed by atoms with Crippen LogP contribution >= 0.6 is 15.9 Å². The fourth-order valence-electron chi connectivity index (χ4n) is 2.76. The number of hydrogen-bond acceptors (Lipinski definition) is 9. The highest BCUT2D eigenvalue weighted by atomic mass is 79.9. The number of aromatic nitrogens is 2. The molecular weight excluding hydrogens is 489 g/mol. The van der Waals surface area contributed by atoms with Gasteiger partial charge in [0.2, 0.25) is 5.82 Å². The summed E-state index contributed by atoms with van der Waals surface area (Å²) in [6, 6.07) is 4.01. The van der Waals surface area contributed by atoms with Crippen LogP contribution in [-0.2, 0) is 10.2 Å². The van der Waals surface area contributed by atoms with E-state index in [1.165, 1.54) is 26.8 Å². The summed E-state index contributed by atoms with van der Waals surface area (Å²) < 4.78 is 45.4. The summed E-state index contributed by atoms with van der Waals surface area (Å²) in [6.07, 6.45) is 0. The molecule has 2 aromatic rings. The van der Waals surface area contributed by atoms with Gasteiger partial charge in [0.1, 0.15) is 5.82 Å². The van der Waals surface area contributed by atoms with E-state index in [9.17, 15) is 18.0 Å². The van der Waals surface area contributed by atoms with Crippen LogP contribution in [0, 0.1) is 5.82 Å². The smallest absolute Gasteiger partial charge is 0.282 e. The maximum absolute atomic E-state index is 13.4. The fourth-order valence-corrected chi connectivity index (χ4v) is 4.71. The number of nitrogens with zero attached hydrogens (tertiary/aromatic N) is 5. The van der Waals surface area contributed by atoms with Crippen molar-refractivity contribution >= 4 is 43.5 Å². The molecule has 0 aliphatic carbocycles. The molecule has 3 rings (SSSR count). The minimum absolute atomic E-state index is 0.0455. The number of halogens is 2. The maximum Gasteiger partial charge on any atom is 0.282 e. The number of aliphatic hydroxyl groups excluding tert-OH is 1. The minimum atomic E-state index is -3.61. The molecule has 1 aliphatic rings. The van der Waals surface area contributed by atoms with E-state index in [1.807, 2.05) is 5.48 Å². The molecule has 30 heavy (non-hydrogen) atoms. The molecule has 4 N–H and O–H groups in total. The van der Waals surface area contributed by atoms with Crippen molar-refractivity contribution in [3.63, 3.8) is 0 Å². The summed E-state index contributed by atoms with van der Waals surface area (Å²) in [5.74, 6) is -0.451. The number of amidine groups is 1. The van der Waals surface area contributed by atoms with Crippen LogP contribution in [0.2, 0.25) is 0 Å². The summed E-state index contributed by atoms with van der Waals surface area (Å²) in [6.45, 7) is 0.719. The zero-order chi connectivity index (χ0) is 21.7. The SMILES string of the molecule is O=S1(=O)N(CCO)CCN1CCNc1nonc1C(=Nc1ccc(F)c(Br)c1)NO. The van der Waals surface area contributed by atoms with Crippen LogP contribution in [0.4, 0.5) is 15.9 Å². The highest BCUT2D eigenvalue weighted by Crippen LogP contribution is 2.23. The largest absolute Gasteiger partial charge is 0.395 e. The van der Waals surface area contributed by atoms with Crippen LogP contribution in [0.15, 0.2) is 32.3 Å². The van der Waals surface area contributed by atoms with Crippen LogP contribution in [-0.4, -0.2) is 82.8 Å². The summed E-state index contributed by atoms with van der Waals surface area (Å²) in [5, 5.41) is 28.7. The predicted molar refractivity (Wildman–Crippen MR) is 107 cm³/mol. The van der Waals surface area contributed by atoms with E-state index in [-0.39, 0.29) is 48.1 Å². The molecule has 12 nitrogen and oxygen atoms in total. The Labute approximate surface area is 179 Å². The number of hydroxylamine groups is 1. The zero-order valence-electron chi connectivity index (χ0n) is 15.5. The molecular formula is C15H19BrFN7O5S. The normalized spacial score (nSPS) is 17.4. The molecule has 1 aliphatic heterocycles. The van der Waals surface area contributed by atoms with E-state index in [2.05, 4.69) is 41.2 Å². The molecule has 1 fully saturated rings. The van der Waals surface area contributed by atoms with Crippen molar-refractivity contribution in [2.24, 2.45) is 4.99 Å². The second kappa shape index (κ2) is 9.76. The average Bonchev–Trinajstić information content (AvgIpc) is 3.28. The second-order valence-corrected chi connectivity index (χ2v) is 8.87. The topological polar surface area (TPSA) is 156 Å². The molecule has 1 saturated heterocycles. The summed E-state index contributed by atoms with van der Waals surface area (Å²) in [5.41, 5.74) is 2.26. The maximum atomic E-state index is 13.4. The number of hydrogen-bond donors (Lipinski definition) is 4.